The minimum atomic E-state index is -0.325. The van der Waals surface area contributed by atoms with Crippen molar-refractivity contribution in [3.63, 3.8) is 0 Å². The normalized spacial score (nSPS) is 10.9. The lowest BCUT2D eigenvalue weighted by molar-refractivity contribution is 0.0957. The number of rotatable bonds is 8. The monoisotopic (exact) mass is 454 g/mol. The van der Waals surface area contributed by atoms with Crippen molar-refractivity contribution in [3.8, 4) is 22.9 Å². The quantitative estimate of drug-likeness (QED) is 0.367. The second-order valence-corrected chi connectivity index (χ2v) is 7.65. The van der Waals surface area contributed by atoms with E-state index in [2.05, 4.69) is 15.4 Å². The summed E-state index contributed by atoms with van der Waals surface area (Å²) in [6.45, 7) is 2.49. The average molecular weight is 455 g/mol. The lowest BCUT2D eigenvalue weighted by Crippen LogP contribution is -2.14. The van der Waals surface area contributed by atoms with Gasteiger partial charge in [-0.25, -0.2) is 0 Å². The molecule has 0 spiro atoms. The highest BCUT2D eigenvalue weighted by atomic mass is 16.5. The number of aromatic nitrogens is 3. The van der Waals surface area contributed by atoms with Crippen molar-refractivity contribution in [2.75, 3.05) is 19.5 Å². The van der Waals surface area contributed by atoms with Gasteiger partial charge in [0.15, 0.2) is 5.82 Å². The first-order valence-electron chi connectivity index (χ1n) is 10.8. The van der Waals surface area contributed by atoms with Crippen LogP contribution in [0.2, 0.25) is 0 Å². The molecule has 0 atom stereocenters. The minimum absolute atomic E-state index is 0.325. The van der Waals surface area contributed by atoms with Gasteiger partial charge in [-0.3, -0.25) is 4.79 Å². The van der Waals surface area contributed by atoms with Crippen molar-refractivity contribution in [1.82, 2.24) is 14.8 Å². The second-order valence-electron chi connectivity index (χ2n) is 7.65. The van der Waals surface area contributed by atoms with Crippen molar-refractivity contribution < 1.29 is 14.3 Å². The van der Waals surface area contributed by atoms with Crippen LogP contribution in [0.1, 0.15) is 21.5 Å². The molecule has 0 amide bonds. The summed E-state index contributed by atoms with van der Waals surface area (Å²) in [6, 6.07) is 23.0. The molecule has 172 valence electrons. The topological polar surface area (TPSA) is 78.3 Å². The van der Waals surface area contributed by atoms with Crippen molar-refractivity contribution in [3.05, 3.63) is 95.6 Å². The minimum Gasteiger partial charge on any atom is -0.497 e. The predicted molar refractivity (Wildman–Crippen MR) is 133 cm³/mol. The first kappa shape index (κ1) is 22.8. The van der Waals surface area contributed by atoms with Gasteiger partial charge in [-0.1, -0.05) is 60.2 Å². The van der Waals surface area contributed by atoms with Gasteiger partial charge in [-0.15, -0.1) is 5.10 Å². The molecule has 1 heterocycles. The van der Waals surface area contributed by atoms with Gasteiger partial charge in [0.25, 0.3) is 5.91 Å². The van der Waals surface area contributed by atoms with Crippen LogP contribution in [-0.2, 0) is 6.54 Å². The maximum absolute atomic E-state index is 13.1. The molecule has 0 aliphatic heterocycles. The van der Waals surface area contributed by atoms with Crippen LogP contribution in [0.5, 0.6) is 11.5 Å². The summed E-state index contributed by atoms with van der Waals surface area (Å²) < 4.78 is 11.9. The number of ether oxygens (including phenoxy) is 2. The summed E-state index contributed by atoms with van der Waals surface area (Å²) in [4.78, 5) is 17.7. The van der Waals surface area contributed by atoms with Gasteiger partial charge in [0.05, 0.1) is 14.2 Å². The fourth-order valence-corrected chi connectivity index (χ4v) is 3.37. The molecule has 0 aliphatic rings. The molecular formula is C27H26N4O3. The molecule has 0 radical (unpaired) electrons. The zero-order valence-electron chi connectivity index (χ0n) is 19.4. The maximum Gasteiger partial charge on any atom is 0.274 e. The van der Waals surface area contributed by atoms with Crippen LogP contribution in [0.3, 0.4) is 0 Å². The molecule has 0 aliphatic carbocycles. The van der Waals surface area contributed by atoms with Gasteiger partial charge in [-0.05, 0) is 36.8 Å². The molecule has 34 heavy (non-hydrogen) atoms. The highest BCUT2D eigenvalue weighted by Crippen LogP contribution is 2.21. The average Bonchev–Trinajstić information content (AvgIpc) is 3.31. The molecule has 1 N–H and O–H groups in total. The second kappa shape index (κ2) is 10.5. The third-order valence-electron chi connectivity index (χ3n) is 5.28. The number of allylic oxidation sites excluding steroid dienone is 1. The summed E-state index contributed by atoms with van der Waals surface area (Å²) in [6.07, 6.45) is 3.17. The summed E-state index contributed by atoms with van der Waals surface area (Å²) in [5.74, 6) is 1.97. The Morgan fingerprint density at radius 2 is 1.71 bits per heavy atom. The van der Waals surface area contributed by atoms with E-state index in [0.29, 0.717) is 24.1 Å². The van der Waals surface area contributed by atoms with E-state index in [1.807, 2.05) is 79.7 Å². The number of anilines is 1. The van der Waals surface area contributed by atoms with Gasteiger partial charge in [0, 0.05) is 23.7 Å². The van der Waals surface area contributed by atoms with Crippen LogP contribution < -0.4 is 14.8 Å². The Morgan fingerprint density at radius 3 is 2.41 bits per heavy atom. The molecule has 1 aromatic heterocycles. The lowest BCUT2D eigenvalue weighted by Gasteiger charge is -2.07. The van der Waals surface area contributed by atoms with E-state index in [4.69, 9.17) is 9.47 Å². The standard InChI is InChI=1S/C27H26N4O3/c1-19-8-12-22(13-9-19)26-29-27(28-18-20-10-15-23(33-2)16-11-20)31(30-26)25(32)17-14-21-6-4-5-7-24(21)34-3/h4-17H,18H2,1-3H3,(H,28,29,30). The van der Waals surface area contributed by atoms with E-state index >= 15 is 0 Å². The van der Waals surface area contributed by atoms with Crippen LogP contribution in [0.15, 0.2) is 78.9 Å². The third kappa shape index (κ3) is 5.32. The van der Waals surface area contributed by atoms with E-state index in [-0.39, 0.29) is 5.91 Å². The highest BCUT2D eigenvalue weighted by molar-refractivity contribution is 5.95. The Labute approximate surface area is 198 Å². The van der Waals surface area contributed by atoms with Gasteiger partial charge in [0.1, 0.15) is 11.5 Å². The molecule has 4 rings (SSSR count). The summed E-state index contributed by atoms with van der Waals surface area (Å²) in [7, 11) is 3.23. The van der Waals surface area contributed by atoms with E-state index in [1.54, 1.807) is 20.3 Å². The van der Waals surface area contributed by atoms with Gasteiger partial charge in [0.2, 0.25) is 5.95 Å². The number of hydrogen-bond donors (Lipinski definition) is 1. The largest absolute Gasteiger partial charge is 0.497 e. The van der Waals surface area contributed by atoms with E-state index in [9.17, 15) is 4.79 Å². The van der Waals surface area contributed by atoms with Crippen molar-refractivity contribution in [1.29, 1.82) is 0 Å². The number of para-hydroxylation sites is 1. The number of aryl methyl sites for hydroxylation is 1. The number of carbonyl (C=O) groups is 1. The summed E-state index contributed by atoms with van der Waals surface area (Å²) >= 11 is 0. The first-order valence-corrected chi connectivity index (χ1v) is 10.8. The maximum atomic E-state index is 13.1. The van der Waals surface area contributed by atoms with Crippen molar-refractivity contribution in [2.24, 2.45) is 0 Å². The smallest absolute Gasteiger partial charge is 0.274 e. The molecule has 7 nitrogen and oxygen atoms in total. The van der Waals surface area contributed by atoms with Crippen LogP contribution in [0.25, 0.3) is 17.5 Å². The number of methoxy groups -OCH3 is 2. The van der Waals surface area contributed by atoms with Crippen LogP contribution in [0.4, 0.5) is 5.95 Å². The van der Waals surface area contributed by atoms with Gasteiger partial charge in [-0.2, -0.15) is 9.67 Å². The number of carbonyl (C=O) groups excluding carboxylic acids is 1. The number of benzene rings is 3. The van der Waals surface area contributed by atoms with E-state index in [0.717, 1.165) is 28.0 Å². The number of nitrogens with zero attached hydrogens (tertiary/aromatic N) is 3. The Bertz CT molecular complexity index is 1290. The zero-order chi connectivity index (χ0) is 23.9. The molecule has 7 heteroatoms. The molecule has 3 aromatic carbocycles. The van der Waals surface area contributed by atoms with Crippen LogP contribution in [0, 0.1) is 6.92 Å². The Hall–Kier alpha value is -4.39. The fourth-order valence-electron chi connectivity index (χ4n) is 3.37. The zero-order valence-corrected chi connectivity index (χ0v) is 19.4. The Balaban J connectivity index is 1.62. The summed E-state index contributed by atoms with van der Waals surface area (Å²) in [5, 5.41) is 7.73. The number of hydrogen-bond acceptors (Lipinski definition) is 6. The molecule has 0 unspecified atom stereocenters. The Kier molecular flexibility index (Phi) is 7.03. The first-order chi connectivity index (χ1) is 16.6. The van der Waals surface area contributed by atoms with E-state index in [1.165, 1.54) is 10.8 Å². The third-order valence-corrected chi connectivity index (χ3v) is 5.28. The molecule has 0 saturated heterocycles. The van der Waals surface area contributed by atoms with Crippen molar-refractivity contribution in [2.45, 2.75) is 13.5 Å². The molecular weight excluding hydrogens is 428 g/mol. The Morgan fingerprint density at radius 1 is 0.971 bits per heavy atom. The SMILES string of the molecule is COc1ccc(CNc2nc(-c3ccc(C)cc3)nn2C(=O)C=Cc2ccccc2OC)cc1. The predicted octanol–water partition coefficient (Wildman–Crippen LogP) is 5.24. The number of nitrogens with one attached hydrogen (secondary N) is 1. The highest BCUT2D eigenvalue weighted by Gasteiger charge is 2.16. The van der Waals surface area contributed by atoms with Gasteiger partial charge >= 0.3 is 0 Å². The van der Waals surface area contributed by atoms with E-state index < -0.39 is 0 Å². The lowest BCUT2D eigenvalue weighted by atomic mass is 10.1. The fraction of sp³-hybridized carbons (Fsp3) is 0.148. The molecule has 4 aromatic rings. The molecule has 0 bridgehead atoms. The van der Waals surface area contributed by atoms with Crippen LogP contribution in [-0.4, -0.2) is 34.9 Å². The van der Waals surface area contributed by atoms with Crippen LogP contribution >= 0.6 is 0 Å². The summed E-state index contributed by atoms with van der Waals surface area (Å²) in [5.41, 5.74) is 3.78. The van der Waals surface area contributed by atoms with Crippen molar-refractivity contribution >= 4 is 17.9 Å². The molecule has 0 saturated carbocycles. The van der Waals surface area contributed by atoms with Gasteiger partial charge < -0.3 is 14.8 Å². The molecule has 0 fully saturated rings.